The van der Waals surface area contributed by atoms with Gasteiger partial charge in [-0.25, -0.2) is 4.98 Å². The molecule has 4 rings (SSSR count). The number of anilines is 1. The van der Waals surface area contributed by atoms with Crippen LogP contribution in [0.25, 0.3) is 20.3 Å². The molecule has 21 heavy (non-hydrogen) atoms. The number of thiophene rings is 1. The number of thiazole rings is 1. The molecule has 0 saturated heterocycles. The SMILES string of the molecule is CC(Nc1ccc2ncsc2c1)c1cc2ccccc2s1. The van der Waals surface area contributed by atoms with Crippen LogP contribution in [0.2, 0.25) is 0 Å². The van der Waals surface area contributed by atoms with E-state index < -0.39 is 0 Å². The summed E-state index contributed by atoms with van der Waals surface area (Å²) >= 11 is 3.54. The van der Waals surface area contributed by atoms with Crippen LogP contribution in [0.4, 0.5) is 5.69 Å². The molecule has 0 aliphatic carbocycles. The Hall–Kier alpha value is -1.91. The molecule has 0 fully saturated rings. The lowest BCUT2D eigenvalue weighted by molar-refractivity contribution is 0.909. The molecule has 2 nitrogen and oxygen atoms in total. The number of benzene rings is 2. The van der Waals surface area contributed by atoms with Crippen LogP contribution in [-0.4, -0.2) is 4.98 Å². The molecule has 0 saturated carbocycles. The Balaban J connectivity index is 1.63. The zero-order valence-corrected chi connectivity index (χ0v) is 13.2. The lowest BCUT2D eigenvalue weighted by Crippen LogP contribution is -2.04. The molecule has 0 aliphatic rings. The van der Waals surface area contributed by atoms with Gasteiger partial charge in [0.25, 0.3) is 0 Å². The van der Waals surface area contributed by atoms with Crippen molar-refractivity contribution < 1.29 is 0 Å². The second-order valence-corrected chi connectivity index (χ2v) is 7.09. The van der Waals surface area contributed by atoms with Gasteiger partial charge >= 0.3 is 0 Å². The average Bonchev–Trinajstić information content (AvgIpc) is 3.13. The highest BCUT2D eigenvalue weighted by molar-refractivity contribution is 7.19. The molecular weight excluding hydrogens is 296 g/mol. The Kier molecular flexibility index (Phi) is 3.13. The van der Waals surface area contributed by atoms with Gasteiger partial charge in [0.15, 0.2) is 0 Å². The van der Waals surface area contributed by atoms with Crippen molar-refractivity contribution in [3.8, 4) is 0 Å². The Labute approximate surface area is 131 Å². The van der Waals surface area contributed by atoms with Crippen molar-refractivity contribution in [1.29, 1.82) is 0 Å². The maximum Gasteiger partial charge on any atom is 0.0813 e. The molecule has 2 heterocycles. The van der Waals surface area contributed by atoms with Gasteiger partial charge < -0.3 is 5.32 Å². The average molecular weight is 310 g/mol. The highest BCUT2D eigenvalue weighted by Gasteiger charge is 2.10. The second-order valence-electron chi connectivity index (χ2n) is 5.09. The molecule has 2 aromatic carbocycles. The maximum atomic E-state index is 4.32. The molecule has 1 N–H and O–H groups in total. The van der Waals surface area contributed by atoms with E-state index >= 15 is 0 Å². The summed E-state index contributed by atoms with van der Waals surface area (Å²) in [6.45, 7) is 2.21. The van der Waals surface area contributed by atoms with Crippen LogP contribution in [0.1, 0.15) is 17.8 Å². The van der Waals surface area contributed by atoms with Crippen molar-refractivity contribution >= 4 is 48.7 Å². The summed E-state index contributed by atoms with van der Waals surface area (Å²) in [4.78, 5) is 5.68. The topological polar surface area (TPSA) is 24.9 Å². The molecule has 1 unspecified atom stereocenters. The van der Waals surface area contributed by atoms with Gasteiger partial charge in [-0.3, -0.25) is 0 Å². The van der Waals surface area contributed by atoms with Gasteiger partial charge in [-0.2, -0.15) is 0 Å². The van der Waals surface area contributed by atoms with E-state index in [4.69, 9.17) is 0 Å². The number of fused-ring (bicyclic) bond motifs is 2. The van der Waals surface area contributed by atoms with E-state index in [-0.39, 0.29) is 0 Å². The molecule has 4 aromatic rings. The van der Waals surface area contributed by atoms with E-state index in [0.29, 0.717) is 6.04 Å². The predicted octanol–water partition coefficient (Wildman–Crippen LogP) is 5.68. The smallest absolute Gasteiger partial charge is 0.0813 e. The van der Waals surface area contributed by atoms with Crippen molar-refractivity contribution in [2.75, 3.05) is 5.32 Å². The summed E-state index contributed by atoms with van der Waals surface area (Å²) in [7, 11) is 0. The fraction of sp³-hybridized carbons (Fsp3) is 0.118. The summed E-state index contributed by atoms with van der Waals surface area (Å²) in [5, 5.41) is 4.91. The zero-order valence-electron chi connectivity index (χ0n) is 11.5. The van der Waals surface area contributed by atoms with Crippen LogP contribution < -0.4 is 5.32 Å². The number of hydrogen-bond acceptors (Lipinski definition) is 4. The van der Waals surface area contributed by atoms with E-state index in [1.165, 1.54) is 19.7 Å². The highest BCUT2D eigenvalue weighted by atomic mass is 32.1. The third-order valence-electron chi connectivity index (χ3n) is 3.59. The van der Waals surface area contributed by atoms with Gasteiger partial charge in [-0.1, -0.05) is 18.2 Å². The minimum atomic E-state index is 0.299. The van der Waals surface area contributed by atoms with Gasteiger partial charge in [0.2, 0.25) is 0 Å². The standard InChI is InChI=1S/C17H14N2S2/c1-11(16-8-12-4-2-3-5-15(12)21-16)19-13-6-7-14-17(9-13)20-10-18-14/h2-11,19H,1H3. The number of rotatable bonds is 3. The van der Waals surface area contributed by atoms with Crippen LogP contribution >= 0.6 is 22.7 Å². The van der Waals surface area contributed by atoms with Crippen LogP contribution in [-0.2, 0) is 0 Å². The maximum absolute atomic E-state index is 4.32. The fourth-order valence-electron chi connectivity index (χ4n) is 2.48. The highest BCUT2D eigenvalue weighted by Crippen LogP contribution is 2.32. The summed E-state index contributed by atoms with van der Waals surface area (Å²) in [6.07, 6.45) is 0. The van der Waals surface area contributed by atoms with Gasteiger partial charge in [0.05, 0.1) is 21.8 Å². The van der Waals surface area contributed by atoms with Gasteiger partial charge in [0, 0.05) is 15.3 Å². The zero-order chi connectivity index (χ0) is 14.2. The first kappa shape index (κ1) is 12.8. The first-order chi connectivity index (χ1) is 10.3. The minimum absolute atomic E-state index is 0.299. The van der Waals surface area contributed by atoms with Crippen molar-refractivity contribution in [1.82, 2.24) is 4.98 Å². The van der Waals surface area contributed by atoms with Crippen LogP contribution in [0, 0.1) is 0 Å². The fourth-order valence-corrected chi connectivity index (χ4v) is 4.27. The summed E-state index contributed by atoms with van der Waals surface area (Å²) in [5.74, 6) is 0. The van der Waals surface area contributed by atoms with E-state index in [1.807, 2.05) is 16.8 Å². The van der Waals surface area contributed by atoms with Crippen molar-refractivity contribution in [3.05, 3.63) is 58.9 Å². The summed E-state index contributed by atoms with van der Waals surface area (Å²) < 4.78 is 2.57. The molecule has 104 valence electrons. The molecule has 0 spiro atoms. The molecule has 0 aliphatic heterocycles. The quantitative estimate of drug-likeness (QED) is 0.526. The lowest BCUT2D eigenvalue weighted by Gasteiger charge is -2.13. The van der Waals surface area contributed by atoms with Crippen molar-refractivity contribution in [2.24, 2.45) is 0 Å². The number of nitrogens with zero attached hydrogens (tertiary/aromatic N) is 1. The van der Waals surface area contributed by atoms with E-state index in [1.54, 1.807) is 11.3 Å². The third kappa shape index (κ3) is 2.41. The Morgan fingerprint density at radius 2 is 1.95 bits per heavy atom. The van der Waals surface area contributed by atoms with Gasteiger partial charge in [-0.05, 0) is 42.6 Å². The van der Waals surface area contributed by atoms with E-state index in [0.717, 1.165) is 11.2 Å². The van der Waals surface area contributed by atoms with Gasteiger partial charge in [0.1, 0.15) is 0 Å². The Bertz CT molecular complexity index is 874. The molecule has 2 aromatic heterocycles. The number of nitrogens with one attached hydrogen (secondary N) is 1. The second kappa shape index (κ2) is 5.13. The molecule has 0 amide bonds. The third-order valence-corrected chi connectivity index (χ3v) is 5.68. The Morgan fingerprint density at radius 3 is 2.86 bits per heavy atom. The Morgan fingerprint density at radius 1 is 1.05 bits per heavy atom. The summed E-state index contributed by atoms with van der Waals surface area (Å²) in [5.41, 5.74) is 4.11. The molecule has 0 bridgehead atoms. The first-order valence-electron chi connectivity index (χ1n) is 6.88. The minimum Gasteiger partial charge on any atom is -0.378 e. The van der Waals surface area contributed by atoms with Gasteiger partial charge in [-0.15, -0.1) is 22.7 Å². The number of aromatic nitrogens is 1. The van der Waals surface area contributed by atoms with Crippen molar-refractivity contribution in [3.63, 3.8) is 0 Å². The molecule has 0 radical (unpaired) electrons. The summed E-state index contributed by atoms with van der Waals surface area (Å²) in [6, 6.07) is 17.5. The van der Waals surface area contributed by atoms with E-state index in [9.17, 15) is 0 Å². The monoisotopic (exact) mass is 310 g/mol. The molecule has 1 atom stereocenters. The molecule has 4 heteroatoms. The first-order valence-corrected chi connectivity index (χ1v) is 8.57. The number of hydrogen-bond donors (Lipinski definition) is 1. The van der Waals surface area contributed by atoms with Crippen molar-refractivity contribution in [2.45, 2.75) is 13.0 Å². The normalized spacial score (nSPS) is 12.8. The molecular formula is C17H14N2S2. The van der Waals surface area contributed by atoms with Crippen LogP contribution in [0.5, 0.6) is 0 Å². The predicted molar refractivity (Wildman–Crippen MR) is 93.5 cm³/mol. The largest absolute Gasteiger partial charge is 0.378 e. The lowest BCUT2D eigenvalue weighted by atomic mass is 10.2. The van der Waals surface area contributed by atoms with Crippen LogP contribution in [0.15, 0.2) is 54.0 Å². The van der Waals surface area contributed by atoms with Crippen LogP contribution in [0.3, 0.4) is 0 Å². The van der Waals surface area contributed by atoms with E-state index in [2.05, 4.69) is 65.8 Å².